The van der Waals surface area contributed by atoms with Crippen LogP contribution in [0.25, 0.3) is 0 Å². The minimum atomic E-state index is -0.515. The van der Waals surface area contributed by atoms with Crippen LogP contribution in [-0.4, -0.2) is 94.0 Å². The lowest BCUT2D eigenvalue weighted by molar-refractivity contribution is -0.154. The SMILES string of the molecule is CO[C@H]1CC[C@H]2CCOc3c(C#N)cccc3C(=O)N(C)C[C@@H](OC)[C@@H](C)C(=O)N(C)C[C@H]1O2. The normalized spacial score (nSPS) is 29.2. The Kier molecular flexibility index (Phi) is 8.89. The van der Waals surface area contributed by atoms with Gasteiger partial charge in [0.25, 0.3) is 5.91 Å². The predicted octanol–water partition coefficient (Wildman–Crippen LogP) is 2.08. The number of ether oxygens (including phenoxy) is 4. The van der Waals surface area contributed by atoms with Gasteiger partial charge in [-0.05, 0) is 25.0 Å². The van der Waals surface area contributed by atoms with E-state index in [1.807, 2.05) is 0 Å². The van der Waals surface area contributed by atoms with Crippen molar-refractivity contribution in [2.75, 3.05) is 48.0 Å². The second-order valence-electron chi connectivity index (χ2n) is 9.05. The minimum absolute atomic E-state index is 0.0759. The molecule has 34 heavy (non-hydrogen) atoms. The third kappa shape index (κ3) is 5.69. The molecule has 2 bridgehead atoms. The maximum Gasteiger partial charge on any atom is 0.257 e. The zero-order valence-electron chi connectivity index (χ0n) is 20.7. The summed E-state index contributed by atoms with van der Waals surface area (Å²) in [4.78, 5) is 29.7. The maximum absolute atomic E-state index is 13.3. The number of methoxy groups -OCH3 is 2. The fourth-order valence-corrected chi connectivity index (χ4v) is 4.68. The van der Waals surface area contributed by atoms with Gasteiger partial charge < -0.3 is 28.7 Å². The van der Waals surface area contributed by atoms with E-state index in [4.69, 9.17) is 18.9 Å². The molecule has 3 rings (SSSR count). The molecule has 0 radical (unpaired) electrons. The first-order valence-electron chi connectivity index (χ1n) is 11.7. The molecule has 0 unspecified atom stereocenters. The Morgan fingerprint density at radius 2 is 1.76 bits per heavy atom. The molecule has 2 aliphatic rings. The first kappa shape index (κ1) is 25.9. The number of likely N-dealkylation sites (N-methyl/N-ethyl adjacent to an activating group) is 2. The molecule has 1 saturated heterocycles. The number of carbonyl (C=O) groups is 2. The van der Waals surface area contributed by atoms with E-state index in [-0.39, 0.29) is 42.4 Å². The number of para-hydroxylation sites is 1. The lowest BCUT2D eigenvalue weighted by Crippen LogP contribution is -2.50. The predicted molar refractivity (Wildman–Crippen MR) is 125 cm³/mol. The van der Waals surface area contributed by atoms with E-state index in [0.717, 1.165) is 12.8 Å². The maximum atomic E-state index is 13.3. The monoisotopic (exact) mass is 473 g/mol. The Morgan fingerprint density at radius 1 is 1.03 bits per heavy atom. The zero-order valence-corrected chi connectivity index (χ0v) is 20.7. The van der Waals surface area contributed by atoms with Crippen LogP contribution in [0.1, 0.15) is 42.1 Å². The van der Waals surface area contributed by atoms with Gasteiger partial charge in [-0.15, -0.1) is 0 Å². The van der Waals surface area contributed by atoms with Crippen LogP contribution in [0, 0.1) is 17.2 Å². The van der Waals surface area contributed by atoms with Crippen LogP contribution in [0.3, 0.4) is 0 Å². The van der Waals surface area contributed by atoms with E-state index in [1.165, 1.54) is 12.0 Å². The van der Waals surface area contributed by atoms with Crippen LogP contribution < -0.4 is 4.74 Å². The topological polar surface area (TPSA) is 101 Å². The fourth-order valence-electron chi connectivity index (χ4n) is 4.68. The van der Waals surface area contributed by atoms with Gasteiger partial charge >= 0.3 is 0 Å². The molecule has 1 aromatic carbocycles. The average molecular weight is 474 g/mol. The van der Waals surface area contributed by atoms with Crippen molar-refractivity contribution in [2.45, 2.75) is 50.6 Å². The van der Waals surface area contributed by atoms with Crippen molar-refractivity contribution < 1.29 is 28.5 Å². The van der Waals surface area contributed by atoms with Crippen molar-refractivity contribution in [2.24, 2.45) is 5.92 Å². The summed E-state index contributed by atoms with van der Waals surface area (Å²) in [7, 11) is 6.61. The Labute approximate surface area is 201 Å². The molecule has 2 heterocycles. The summed E-state index contributed by atoms with van der Waals surface area (Å²) in [5.41, 5.74) is 0.609. The molecule has 2 aliphatic heterocycles. The minimum Gasteiger partial charge on any atom is -0.491 e. The molecule has 186 valence electrons. The molecule has 1 fully saturated rings. The number of hydrogen-bond acceptors (Lipinski definition) is 7. The highest BCUT2D eigenvalue weighted by molar-refractivity contribution is 5.97. The van der Waals surface area contributed by atoms with Gasteiger partial charge in [-0.3, -0.25) is 9.59 Å². The highest BCUT2D eigenvalue weighted by atomic mass is 16.5. The second-order valence-corrected chi connectivity index (χ2v) is 9.05. The third-order valence-electron chi connectivity index (χ3n) is 6.79. The Balaban J connectivity index is 1.95. The van der Waals surface area contributed by atoms with Crippen molar-refractivity contribution in [3.8, 4) is 11.8 Å². The summed E-state index contributed by atoms with van der Waals surface area (Å²) in [5, 5.41) is 9.60. The molecule has 5 atom stereocenters. The first-order valence-corrected chi connectivity index (χ1v) is 11.7. The van der Waals surface area contributed by atoms with Crippen LogP contribution in [0.5, 0.6) is 5.75 Å². The molecule has 0 aliphatic carbocycles. The Hall–Kier alpha value is -2.67. The van der Waals surface area contributed by atoms with E-state index < -0.39 is 12.0 Å². The first-order chi connectivity index (χ1) is 16.3. The van der Waals surface area contributed by atoms with Gasteiger partial charge in [0.2, 0.25) is 5.91 Å². The number of fused-ring (bicyclic) bond motifs is 3. The van der Waals surface area contributed by atoms with Crippen LogP contribution in [0.15, 0.2) is 18.2 Å². The third-order valence-corrected chi connectivity index (χ3v) is 6.79. The van der Waals surface area contributed by atoms with Crippen LogP contribution in [-0.2, 0) is 19.0 Å². The lowest BCUT2D eigenvalue weighted by Gasteiger charge is -2.38. The van der Waals surface area contributed by atoms with Gasteiger partial charge in [0.1, 0.15) is 17.9 Å². The number of hydrogen-bond donors (Lipinski definition) is 0. The molecule has 9 heteroatoms. The lowest BCUT2D eigenvalue weighted by atomic mass is 9.97. The molecule has 1 aromatic rings. The summed E-state index contributed by atoms with van der Waals surface area (Å²) >= 11 is 0. The molecule has 0 saturated carbocycles. The highest BCUT2D eigenvalue weighted by Gasteiger charge is 2.36. The number of nitrogens with zero attached hydrogens (tertiary/aromatic N) is 3. The molecule has 0 N–H and O–H groups in total. The Morgan fingerprint density at radius 3 is 2.44 bits per heavy atom. The number of rotatable bonds is 2. The van der Waals surface area contributed by atoms with Crippen molar-refractivity contribution in [3.63, 3.8) is 0 Å². The van der Waals surface area contributed by atoms with E-state index in [9.17, 15) is 14.9 Å². The summed E-state index contributed by atoms with van der Waals surface area (Å²) in [5.74, 6) is -0.601. The van der Waals surface area contributed by atoms with Gasteiger partial charge in [-0.1, -0.05) is 13.0 Å². The van der Waals surface area contributed by atoms with Gasteiger partial charge in [-0.2, -0.15) is 5.26 Å². The number of amides is 2. The average Bonchev–Trinajstić information content (AvgIpc) is 2.85. The summed E-state index contributed by atoms with van der Waals surface area (Å²) in [6, 6.07) is 7.07. The van der Waals surface area contributed by atoms with E-state index in [0.29, 0.717) is 30.7 Å². The molecule has 0 spiro atoms. The standard InChI is InChI=1S/C25H35N3O6/c1-16-21(32-5)14-28(3)25(30)19-8-6-7-17(13-26)23(19)33-12-11-18-9-10-20(31-4)22(34-18)15-27(2)24(16)29/h6-8,16,18,20-22H,9-12,14-15H2,1-5H3/t16-,18+,20+,21-,22-/m1/s1. The highest BCUT2D eigenvalue weighted by Crippen LogP contribution is 2.28. The largest absolute Gasteiger partial charge is 0.491 e. The second kappa shape index (κ2) is 11.6. The van der Waals surface area contributed by atoms with E-state index in [1.54, 1.807) is 51.2 Å². The van der Waals surface area contributed by atoms with E-state index >= 15 is 0 Å². The summed E-state index contributed by atoms with van der Waals surface area (Å²) in [6.07, 6.45) is 1.25. The zero-order chi connectivity index (χ0) is 24.8. The van der Waals surface area contributed by atoms with Crippen LogP contribution in [0.4, 0.5) is 0 Å². The Bertz CT molecular complexity index is 916. The molecule has 0 aromatic heterocycles. The molecule has 9 nitrogen and oxygen atoms in total. The van der Waals surface area contributed by atoms with Gasteiger partial charge in [0.05, 0.1) is 42.0 Å². The van der Waals surface area contributed by atoms with Crippen LogP contribution in [0.2, 0.25) is 0 Å². The van der Waals surface area contributed by atoms with Crippen LogP contribution >= 0.6 is 0 Å². The van der Waals surface area contributed by atoms with Crippen molar-refractivity contribution in [3.05, 3.63) is 29.3 Å². The molecule has 2 amide bonds. The smallest absolute Gasteiger partial charge is 0.257 e. The summed E-state index contributed by atoms with van der Waals surface area (Å²) < 4.78 is 23.6. The number of nitriles is 1. The fraction of sp³-hybridized carbons (Fsp3) is 0.640. The van der Waals surface area contributed by atoms with Crippen molar-refractivity contribution in [1.29, 1.82) is 5.26 Å². The van der Waals surface area contributed by atoms with Gasteiger partial charge in [0.15, 0.2) is 0 Å². The number of benzene rings is 1. The quantitative estimate of drug-likeness (QED) is 0.648. The van der Waals surface area contributed by atoms with Gasteiger partial charge in [0, 0.05) is 47.8 Å². The molecular weight excluding hydrogens is 438 g/mol. The van der Waals surface area contributed by atoms with E-state index in [2.05, 4.69) is 6.07 Å². The number of carbonyl (C=O) groups excluding carboxylic acids is 2. The summed E-state index contributed by atoms with van der Waals surface area (Å²) in [6.45, 7) is 2.70. The van der Waals surface area contributed by atoms with Gasteiger partial charge in [-0.25, -0.2) is 0 Å². The molecular formula is C25H35N3O6. The van der Waals surface area contributed by atoms with Crippen molar-refractivity contribution >= 4 is 11.8 Å². The van der Waals surface area contributed by atoms with Crippen molar-refractivity contribution in [1.82, 2.24) is 9.80 Å².